The van der Waals surface area contributed by atoms with Crippen LogP contribution in [0.3, 0.4) is 0 Å². The average Bonchev–Trinajstić information content (AvgIpc) is 3.23. The molecule has 0 bridgehead atoms. The van der Waals surface area contributed by atoms with Crippen LogP contribution in [0.15, 0.2) is 70.5 Å². The summed E-state index contributed by atoms with van der Waals surface area (Å²) in [7, 11) is 0. The van der Waals surface area contributed by atoms with E-state index in [1.165, 1.54) is 0 Å². The number of ether oxygens (including phenoxy) is 1. The Morgan fingerprint density at radius 1 is 1.04 bits per heavy atom. The second-order valence-electron chi connectivity index (χ2n) is 6.52. The normalized spacial score (nSPS) is 15.4. The Labute approximate surface area is 160 Å². The van der Waals surface area contributed by atoms with E-state index in [1.54, 1.807) is 0 Å². The quantitative estimate of drug-likeness (QED) is 0.578. The minimum absolute atomic E-state index is 0.861. The lowest BCUT2D eigenvalue weighted by molar-refractivity contribution is -0.674. The molecule has 0 amide bonds. The molecule has 0 aliphatic carbocycles. The van der Waals surface area contributed by atoms with Crippen molar-refractivity contribution in [3.8, 4) is 5.75 Å². The monoisotopic (exact) mass is 361 g/mol. The largest absolute Gasteiger partial charge is 0.439 e. The summed E-state index contributed by atoms with van der Waals surface area (Å²) in [5, 5.41) is 0. The topological polar surface area (TPSA) is 29.5 Å². The summed E-state index contributed by atoms with van der Waals surface area (Å²) in [4.78, 5) is 2.20. The van der Waals surface area contributed by atoms with E-state index < -0.39 is 0 Å². The number of nitrogens with zero attached hydrogens (tertiary/aromatic N) is 2. The van der Waals surface area contributed by atoms with E-state index in [-0.39, 0.29) is 0 Å². The van der Waals surface area contributed by atoms with Gasteiger partial charge in [0.2, 0.25) is 11.5 Å². The minimum atomic E-state index is 0.861. The highest BCUT2D eigenvalue weighted by Crippen LogP contribution is 2.38. The Balaban J connectivity index is 1.74. The standard InChI is InChI=1S/C23H25N2O2/c1-4-17(15-22-24(5-2)18-11-7-9-13-20(18)26-22)16-23-25(6-3)19-12-8-10-14-21(19)27-23/h7-16H,4-6H2,1-3H3/q+1. The van der Waals surface area contributed by atoms with Crippen molar-refractivity contribution in [1.82, 2.24) is 0 Å². The lowest BCUT2D eigenvalue weighted by Crippen LogP contribution is -2.33. The predicted octanol–water partition coefficient (Wildman–Crippen LogP) is 5.29. The summed E-state index contributed by atoms with van der Waals surface area (Å²) in [6.07, 6.45) is 5.13. The number of para-hydroxylation sites is 4. The third-order valence-corrected chi connectivity index (χ3v) is 4.93. The molecular weight excluding hydrogens is 336 g/mol. The highest BCUT2D eigenvalue weighted by Gasteiger charge is 2.25. The molecule has 0 radical (unpaired) electrons. The van der Waals surface area contributed by atoms with Crippen molar-refractivity contribution in [2.45, 2.75) is 33.7 Å². The molecule has 0 N–H and O–H groups in total. The van der Waals surface area contributed by atoms with Gasteiger partial charge in [-0.15, -0.1) is 0 Å². The molecule has 1 aliphatic heterocycles. The predicted molar refractivity (Wildman–Crippen MR) is 109 cm³/mol. The summed E-state index contributed by atoms with van der Waals surface area (Å²) in [6.45, 7) is 8.15. The molecule has 27 heavy (non-hydrogen) atoms. The third-order valence-electron chi connectivity index (χ3n) is 4.93. The first kappa shape index (κ1) is 17.4. The Hall–Kier alpha value is -3.01. The molecule has 0 atom stereocenters. The lowest BCUT2D eigenvalue weighted by atomic mass is 10.2. The zero-order chi connectivity index (χ0) is 18.8. The number of allylic oxidation sites excluding steroid dienone is 2. The van der Waals surface area contributed by atoms with Gasteiger partial charge in [0.15, 0.2) is 5.75 Å². The molecule has 1 aliphatic rings. The smallest absolute Gasteiger partial charge is 0.374 e. The van der Waals surface area contributed by atoms with Crippen LogP contribution < -0.4 is 14.2 Å². The molecule has 4 rings (SSSR count). The van der Waals surface area contributed by atoms with Crippen molar-refractivity contribution in [1.29, 1.82) is 0 Å². The van der Waals surface area contributed by atoms with Crippen LogP contribution in [0.25, 0.3) is 17.2 Å². The van der Waals surface area contributed by atoms with Crippen LogP contribution in [0.1, 0.15) is 33.1 Å². The zero-order valence-electron chi connectivity index (χ0n) is 16.1. The lowest BCUT2D eigenvalue weighted by Gasteiger charge is -2.15. The number of anilines is 1. The summed E-state index contributed by atoms with van der Waals surface area (Å²) in [5.74, 6) is 2.64. The number of hydrogen-bond donors (Lipinski definition) is 0. The highest BCUT2D eigenvalue weighted by molar-refractivity contribution is 5.70. The maximum absolute atomic E-state index is 6.10. The molecule has 2 aromatic carbocycles. The number of oxazole rings is 1. The van der Waals surface area contributed by atoms with Gasteiger partial charge in [0, 0.05) is 18.7 Å². The van der Waals surface area contributed by atoms with Crippen molar-refractivity contribution in [2.75, 3.05) is 11.4 Å². The van der Waals surface area contributed by atoms with Crippen LogP contribution >= 0.6 is 0 Å². The molecule has 3 aromatic rings. The number of aryl methyl sites for hydroxylation is 1. The second kappa shape index (κ2) is 7.31. The molecular formula is C23H25N2O2+. The molecule has 4 heteroatoms. The first-order chi connectivity index (χ1) is 13.2. The highest BCUT2D eigenvalue weighted by atomic mass is 16.5. The first-order valence-electron chi connectivity index (χ1n) is 9.63. The van der Waals surface area contributed by atoms with Crippen LogP contribution in [-0.4, -0.2) is 6.54 Å². The van der Waals surface area contributed by atoms with Crippen LogP contribution in [0.5, 0.6) is 5.75 Å². The van der Waals surface area contributed by atoms with E-state index in [4.69, 9.17) is 9.15 Å². The third kappa shape index (κ3) is 3.12. The fraction of sp³-hybridized carbons (Fsp3) is 0.261. The van der Waals surface area contributed by atoms with Gasteiger partial charge < -0.3 is 14.1 Å². The molecule has 0 unspecified atom stereocenters. The number of hydrogen-bond acceptors (Lipinski definition) is 3. The molecule has 0 saturated heterocycles. The summed E-state index contributed by atoms with van der Waals surface area (Å²) >= 11 is 0. The van der Waals surface area contributed by atoms with E-state index in [0.29, 0.717) is 0 Å². The second-order valence-corrected chi connectivity index (χ2v) is 6.52. The fourth-order valence-corrected chi connectivity index (χ4v) is 3.54. The van der Waals surface area contributed by atoms with Crippen LogP contribution in [0, 0.1) is 0 Å². The van der Waals surface area contributed by atoms with E-state index in [1.807, 2.05) is 36.4 Å². The van der Waals surface area contributed by atoms with Crippen LogP contribution in [-0.2, 0) is 6.54 Å². The molecule has 2 heterocycles. The zero-order valence-corrected chi connectivity index (χ0v) is 16.1. The number of rotatable bonds is 5. The Morgan fingerprint density at radius 2 is 1.81 bits per heavy atom. The summed E-state index contributed by atoms with van der Waals surface area (Å²) in [6, 6.07) is 16.3. The minimum Gasteiger partial charge on any atom is -0.439 e. The number of fused-ring (bicyclic) bond motifs is 2. The van der Waals surface area contributed by atoms with E-state index >= 15 is 0 Å². The maximum atomic E-state index is 6.10. The molecule has 138 valence electrons. The van der Waals surface area contributed by atoms with Gasteiger partial charge in [0.1, 0.15) is 6.54 Å². The van der Waals surface area contributed by atoms with Gasteiger partial charge in [0.25, 0.3) is 5.52 Å². The molecule has 0 fully saturated rings. The summed E-state index contributed by atoms with van der Waals surface area (Å²) in [5.41, 5.74) is 4.31. The van der Waals surface area contributed by atoms with Gasteiger partial charge in [-0.2, -0.15) is 4.57 Å². The maximum Gasteiger partial charge on any atom is 0.374 e. The molecule has 4 nitrogen and oxygen atoms in total. The van der Waals surface area contributed by atoms with Gasteiger partial charge in [0.05, 0.1) is 11.8 Å². The first-order valence-corrected chi connectivity index (χ1v) is 9.63. The van der Waals surface area contributed by atoms with Gasteiger partial charge in [-0.25, -0.2) is 0 Å². The van der Waals surface area contributed by atoms with Gasteiger partial charge >= 0.3 is 5.89 Å². The van der Waals surface area contributed by atoms with E-state index in [2.05, 4.69) is 54.5 Å². The van der Waals surface area contributed by atoms with Gasteiger partial charge in [-0.05, 0) is 44.0 Å². The van der Waals surface area contributed by atoms with E-state index in [9.17, 15) is 0 Å². The fourth-order valence-electron chi connectivity index (χ4n) is 3.54. The number of aromatic nitrogens is 1. The van der Waals surface area contributed by atoms with Crippen molar-refractivity contribution in [2.24, 2.45) is 0 Å². The van der Waals surface area contributed by atoms with E-state index in [0.717, 1.165) is 59.4 Å². The van der Waals surface area contributed by atoms with Crippen molar-refractivity contribution in [3.05, 3.63) is 72.0 Å². The molecule has 0 spiro atoms. The summed E-state index contributed by atoms with van der Waals surface area (Å²) < 4.78 is 14.4. The SMILES string of the molecule is CCC(/C=C1\Oc2ccccc2N1CC)=C\c1oc2ccccc2[n+]1CC. The van der Waals surface area contributed by atoms with Crippen molar-refractivity contribution < 1.29 is 13.7 Å². The van der Waals surface area contributed by atoms with Gasteiger partial charge in [-0.3, -0.25) is 0 Å². The van der Waals surface area contributed by atoms with Crippen molar-refractivity contribution >= 4 is 22.9 Å². The Morgan fingerprint density at radius 3 is 2.59 bits per heavy atom. The van der Waals surface area contributed by atoms with Crippen LogP contribution in [0.2, 0.25) is 0 Å². The number of benzene rings is 2. The Bertz CT molecular complexity index is 1030. The Kier molecular flexibility index (Phi) is 4.71. The molecule has 1 aromatic heterocycles. The average molecular weight is 361 g/mol. The van der Waals surface area contributed by atoms with Gasteiger partial charge in [-0.1, -0.05) is 31.2 Å². The van der Waals surface area contributed by atoms with Crippen LogP contribution in [0.4, 0.5) is 5.69 Å². The molecule has 0 saturated carbocycles. The van der Waals surface area contributed by atoms with Crippen molar-refractivity contribution in [3.63, 3.8) is 0 Å².